The van der Waals surface area contributed by atoms with Crippen LogP contribution in [0.4, 0.5) is 0 Å². The fraction of sp³-hybridized carbons (Fsp3) is 0.250. The summed E-state index contributed by atoms with van der Waals surface area (Å²) in [7, 11) is -1.76. The Bertz CT molecular complexity index is 1300. The monoisotopic (exact) mass is 489 g/mol. The number of imidazole rings is 1. The van der Waals surface area contributed by atoms with Crippen LogP contribution in [0.15, 0.2) is 109 Å². The van der Waals surface area contributed by atoms with Crippen LogP contribution in [-0.2, 0) is 30.0 Å². The molecule has 4 rings (SSSR count). The third-order valence-corrected chi connectivity index (χ3v) is 7.63. The second-order valence-electron chi connectivity index (χ2n) is 8.86. The van der Waals surface area contributed by atoms with Gasteiger partial charge in [-0.05, 0) is 48.1 Å². The summed E-state index contributed by atoms with van der Waals surface area (Å²) < 4.78 is 33.7. The number of unbranched alkanes of at least 4 members (excludes halogenated alkanes) is 1. The molecule has 182 valence electrons. The Morgan fingerprint density at radius 2 is 1.51 bits per heavy atom. The van der Waals surface area contributed by atoms with E-state index in [9.17, 15) is 8.42 Å². The minimum absolute atomic E-state index is 0.238. The second kappa shape index (κ2) is 11.4. The highest BCUT2D eigenvalue weighted by atomic mass is 32.2. The smallest absolute Gasteiger partial charge is 0.243 e. The highest BCUT2D eigenvalue weighted by Gasteiger charge is 2.27. The molecule has 3 N–H and O–H groups in total. The number of nitrogens with two attached hydrogens (primary N) is 1. The van der Waals surface area contributed by atoms with E-state index in [0.29, 0.717) is 0 Å². The zero-order valence-electron chi connectivity index (χ0n) is 20.0. The van der Waals surface area contributed by atoms with Crippen LogP contribution in [0.25, 0.3) is 0 Å². The summed E-state index contributed by atoms with van der Waals surface area (Å²) in [6.45, 7) is 0.972. The number of hydrogen-bond acceptors (Lipinski definition) is 3. The van der Waals surface area contributed by atoms with E-state index in [-0.39, 0.29) is 4.90 Å². The molecule has 3 aromatic carbocycles. The maximum Gasteiger partial charge on any atom is 0.243 e. The molecule has 0 amide bonds. The predicted octanol–water partition coefficient (Wildman–Crippen LogP) is 4.06. The summed E-state index contributed by atoms with van der Waals surface area (Å²) in [6, 6.07) is 25.1. The third-order valence-electron chi connectivity index (χ3n) is 6.17. The number of sulfonamides is 1. The first-order valence-corrected chi connectivity index (χ1v) is 13.4. The molecule has 7 heteroatoms. The van der Waals surface area contributed by atoms with Crippen LogP contribution >= 0.6 is 0 Å². The summed E-state index contributed by atoms with van der Waals surface area (Å²) in [4.78, 5) is 0.238. The molecule has 0 aliphatic rings. The topological polar surface area (TPSA) is 81.0 Å². The van der Waals surface area contributed by atoms with Gasteiger partial charge in [0.2, 0.25) is 16.4 Å². The predicted molar refractivity (Wildman–Crippen MR) is 138 cm³/mol. The highest BCUT2D eigenvalue weighted by Crippen LogP contribution is 2.28. The van der Waals surface area contributed by atoms with Crippen molar-refractivity contribution in [2.24, 2.45) is 12.8 Å². The van der Waals surface area contributed by atoms with Crippen LogP contribution in [0, 0.1) is 0 Å². The first kappa shape index (κ1) is 24.9. The fourth-order valence-corrected chi connectivity index (χ4v) is 5.45. The number of aromatic nitrogens is 2. The van der Waals surface area contributed by atoms with Gasteiger partial charge in [0.1, 0.15) is 12.4 Å². The summed E-state index contributed by atoms with van der Waals surface area (Å²) in [5.74, 6) is 0. The lowest BCUT2D eigenvalue weighted by molar-refractivity contribution is -0.671. The van der Waals surface area contributed by atoms with Crippen LogP contribution in [-0.4, -0.2) is 13.0 Å². The molecule has 0 bridgehead atoms. The number of aryl methyl sites for hydroxylation is 3. The maximum atomic E-state index is 13.3. The van der Waals surface area contributed by atoms with Crippen molar-refractivity contribution in [3.05, 3.63) is 120 Å². The van der Waals surface area contributed by atoms with E-state index in [1.807, 2.05) is 90.6 Å². The third kappa shape index (κ3) is 6.66. The van der Waals surface area contributed by atoms with E-state index >= 15 is 0 Å². The first-order valence-electron chi connectivity index (χ1n) is 11.9. The lowest BCUT2D eigenvalue weighted by Gasteiger charge is -2.26. The number of benzene rings is 3. The minimum Gasteiger partial charge on any atom is -0.322 e. The van der Waals surface area contributed by atoms with Crippen molar-refractivity contribution in [2.75, 3.05) is 0 Å². The van der Waals surface area contributed by atoms with Crippen LogP contribution in [0.5, 0.6) is 0 Å². The van der Waals surface area contributed by atoms with Gasteiger partial charge < -0.3 is 5.73 Å². The van der Waals surface area contributed by atoms with Gasteiger partial charge in [-0.1, -0.05) is 72.8 Å². The van der Waals surface area contributed by atoms with Crippen molar-refractivity contribution < 1.29 is 13.0 Å². The van der Waals surface area contributed by atoms with Crippen LogP contribution < -0.4 is 15.0 Å². The maximum absolute atomic E-state index is 13.3. The number of nitrogens with one attached hydrogen (secondary N) is 1. The van der Waals surface area contributed by atoms with Crippen molar-refractivity contribution in [2.45, 2.75) is 42.8 Å². The Labute approximate surface area is 208 Å². The molecule has 0 saturated heterocycles. The van der Waals surface area contributed by atoms with Gasteiger partial charge in [-0.25, -0.2) is 22.3 Å². The molecule has 1 aromatic heterocycles. The Hall–Kier alpha value is -3.26. The zero-order chi connectivity index (χ0) is 24.7. The van der Waals surface area contributed by atoms with Crippen molar-refractivity contribution in [1.82, 2.24) is 9.29 Å². The van der Waals surface area contributed by atoms with Gasteiger partial charge in [0.15, 0.2) is 0 Å². The van der Waals surface area contributed by atoms with Crippen molar-refractivity contribution in [1.29, 1.82) is 0 Å². The fourth-order valence-electron chi connectivity index (χ4n) is 4.20. The largest absolute Gasteiger partial charge is 0.322 e. The van der Waals surface area contributed by atoms with Crippen LogP contribution in [0.2, 0.25) is 0 Å². The molecular weight excluding hydrogens is 456 g/mol. The van der Waals surface area contributed by atoms with Gasteiger partial charge in [-0.3, -0.25) is 0 Å². The molecule has 0 aliphatic carbocycles. The molecule has 0 unspecified atom stereocenters. The zero-order valence-corrected chi connectivity index (χ0v) is 20.8. The Morgan fingerprint density at radius 1 is 0.886 bits per heavy atom. The van der Waals surface area contributed by atoms with Crippen molar-refractivity contribution >= 4 is 10.0 Å². The summed E-state index contributed by atoms with van der Waals surface area (Å²) in [5, 5.41) is 0. The van der Waals surface area contributed by atoms with Gasteiger partial charge in [0.25, 0.3) is 0 Å². The lowest BCUT2D eigenvalue weighted by atomic mass is 9.95. The normalized spacial score (nSPS) is 13.4. The Morgan fingerprint density at radius 3 is 2.11 bits per heavy atom. The molecule has 0 aliphatic heterocycles. The van der Waals surface area contributed by atoms with E-state index in [2.05, 4.69) is 21.8 Å². The molecule has 2 atom stereocenters. The molecule has 35 heavy (non-hydrogen) atoms. The first-order chi connectivity index (χ1) is 16.9. The molecule has 0 spiro atoms. The molecule has 4 aromatic rings. The van der Waals surface area contributed by atoms with Crippen molar-refractivity contribution in [3.8, 4) is 0 Å². The Balaban J connectivity index is 1.43. The van der Waals surface area contributed by atoms with Gasteiger partial charge in [0.05, 0.1) is 30.6 Å². The number of rotatable bonds is 11. The summed E-state index contributed by atoms with van der Waals surface area (Å²) in [6.07, 6.45) is 9.17. The Kier molecular flexibility index (Phi) is 8.13. The van der Waals surface area contributed by atoms with E-state index in [4.69, 9.17) is 5.73 Å². The van der Waals surface area contributed by atoms with Gasteiger partial charge >= 0.3 is 0 Å². The number of hydrogen-bond donors (Lipinski definition) is 2. The van der Waals surface area contributed by atoms with Gasteiger partial charge in [-0.2, -0.15) is 0 Å². The molecule has 0 saturated carbocycles. The summed E-state index contributed by atoms with van der Waals surface area (Å²) >= 11 is 0. The molecule has 0 radical (unpaired) electrons. The average Bonchev–Trinajstić information content (AvgIpc) is 3.31. The lowest BCUT2D eigenvalue weighted by Crippen LogP contribution is -2.36. The average molecular weight is 490 g/mol. The quantitative estimate of drug-likeness (QED) is 0.246. The second-order valence-corrected chi connectivity index (χ2v) is 10.6. The SMILES string of the molecule is C[n+]1ccn(CCCCc2ccc(S(=O)(=O)N[C@@H](c3ccccc3)[C@@H](N)c3ccccc3)cc2)c1. The van der Waals surface area contributed by atoms with E-state index in [1.165, 1.54) is 0 Å². The van der Waals surface area contributed by atoms with Crippen LogP contribution in [0.3, 0.4) is 0 Å². The van der Waals surface area contributed by atoms with Gasteiger partial charge in [-0.15, -0.1) is 0 Å². The number of nitrogens with zero attached hydrogens (tertiary/aromatic N) is 2. The molecular formula is C28H33N4O2S+. The molecule has 6 nitrogen and oxygen atoms in total. The molecule has 0 fully saturated rings. The van der Waals surface area contributed by atoms with Crippen LogP contribution in [0.1, 0.15) is 41.6 Å². The van der Waals surface area contributed by atoms with Crippen molar-refractivity contribution in [3.63, 3.8) is 0 Å². The summed E-state index contributed by atoms with van der Waals surface area (Å²) in [5.41, 5.74) is 9.38. The van der Waals surface area contributed by atoms with E-state index in [0.717, 1.165) is 42.5 Å². The van der Waals surface area contributed by atoms with Gasteiger partial charge in [0, 0.05) is 0 Å². The van der Waals surface area contributed by atoms with E-state index in [1.54, 1.807) is 12.1 Å². The highest BCUT2D eigenvalue weighted by molar-refractivity contribution is 7.89. The van der Waals surface area contributed by atoms with E-state index < -0.39 is 22.1 Å². The standard InChI is InChI=1S/C28H33N4O2S/c1-31-20-21-32(22-31)19-9-8-10-23-15-17-26(18-16-23)35(33,34)30-28(25-13-6-3-7-14-25)27(29)24-11-4-2-5-12-24/h2-7,11-18,20-22,27-28,30H,8-10,19,29H2,1H3/q+1/t27-,28-/m0/s1. The minimum atomic E-state index is -3.77. The molecule has 1 heterocycles.